The lowest BCUT2D eigenvalue weighted by Gasteiger charge is -2.12. The van der Waals surface area contributed by atoms with E-state index in [-0.39, 0.29) is 0 Å². The van der Waals surface area contributed by atoms with Gasteiger partial charge in [-0.05, 0) is 30.3 Å². The van der Waals surface area contributed by atoms with Gasteiger partial charge in [-0.15, -0.1) is 0 Å². The Bertz CT molecular complexity index is 859. The molecule has 0 spiro atoms. The van der Waals surface area contributed by atoms with Crippen LogP contribution in [0, 0.1) is 18.5 Å². The van der Waals surface area contributed by atoms with Gasteiger partial charge in [0.2, 0.25) is 7.14 Å². The quantitative estimate of drug-likeness (QED) is 0.508. The lowest BCUT2D eigenvalue weighted by Crippen LogP contribution is -2.14. The normalized spacial score (nSPS) is 10.7. The van der Waals surface area contributed by atoms with Crippen LogP contribution in [0.5, 0.6) is 0 Å². The van der Waals surface area contributed by atoms with E-state index in [2.05, 4.69) is 11.6 Å². The van der Waals surface area contributed by atoms with Crippen LogP contribution in [0.3, 0.4) is 0 Å². The molecule has 0 saturated carbocycles. The Kier molecular flexibility index (Phi) is 4.47. The van der Waals surface area contributed by atoms with E-state index in [1.165, 1.54) is 0 Å². The van der Waals surface area contributed by atoms with E-state index in [4.69, 9.17) is 0 Å². The highest BCUT2D eigenvalue weighted by atomic mass is 31.2. The maximum absolute atomic E-state index is 13.7. The summed E-state index contributed by atoms with van der Waals surface area (Å²) in [6.45, 7) is 2.03. The molecule has 0 saturated heterocycles. The topological polar surface area (TPSA) is 17.1 Å². The van der Waals surface area contributed by atoms with E-state index >= 15 is 0 Å². The lowest BCUT2D eigenvalue weighted by atomic mass is 10.1. The van der Waals surface area contributed by atoms with Crippen LogP contribution in [0.1, 0.15) is 11.1 Å². The van der Waals surface area contributed by atoms with E-state index in [9.17, 15) is 4.57 Å². The zero-order valence-corrected chi connectivity index (χ0v) is 13.8. The Hall–Kier alpha value is -2.55. The van der Waals surface area contributed by atoms with Crippen LogP contribution < -0.4 is 10.6 Å². The van der Waals surface area contributed by atoms with Crippen LogP contribution in [-0.2, 0) is 4.57 Å². The van der Waals surface area contributed by atoms with Crippen molar-refractivity contribution in [2.24, 2.45) is 0 Å². The van der Waals surface area contributed by atoms with E-state index in [0.29, 0.717) is 0 Å². The summed E-state index contributed by atoms with van der Waals surface area (Å²) in [6, 6.07) is 27.0. The molecule has 112 valence electrons. The summed E-state index contributed by atoms with van der Waals surface area (Å²) in [5, 5.41) is 1.54. The fraction of sp³-hybridized carbons (Fsp3) is 0.0476. The van der Waals surface area contributed by atoms with Crippen molar-refractivity contribution in [2.45, 2.75) is 6.92 Å². The lowest BCUT2D eigenvalue weighted by molar-refractivity contribution is 0.593. The van der Waals surface area contributed by atoms with Gasteiger partial charge >= 0.3 is 0 Å². The summed E-state index contributed by atoms with van der Waals surface area (Å²) in [4.78, 5) is 0. The summed E-state index contributed by atoms with van der Waals surface area (Å²) in [7, 11) is -2.97. The Morgan fingerprint density at radius 3 is 1.83 bits per heavy atom. The maximum Gasteiger partial charge on any atom is 0.211 e. The van der Waals surface area contributed by atoms with Crippen LogP contribution in [0.15, 0.2) is 84.9 Å². The summed E-state index contributed by atoms with van der Waals surface area (Å²) in [6.07, 6.45) is 0. The van der Waals surface area contributed by atoms with Crippen LogP contribution >= 0.6 is 7.14 Å². The second kappa shape index (κ2) is 6.69. The van der Waals surface area contributed by atoms with Crippen molar-refractivity contribution in [2.75, 3.05) is 0 Å². The maximum atomic E-state index is 13.7. The van der Waals surface area contributed by atoms with Gasteiger partial charge in [-0.25, -0.2) is 0 Å². The smallest absolute Gasteiger partial charge is 0.211 e. The number of hydrogen-bond acceptors (Lipinski definition) is 1. The second-order valence-electron chi connectivity index (χ2n) is 5.39. The average molecular weight is 316 g/mol. The highest BCUT2D eigenvalue weighted by Gasteiger charge is 2.24. The molecule has 2 heteroatoms. The Balaban J connectivity index is 2.13. The van der Waals surface area contributed by atoms with Gasteiger partial charge in [-0.3, -0.25) is 4.57 Å². The number of aryl methyl sites for hydroxylation is 1. The number of benzene rings is 3. The minimum Gasteiger partial charge on any atom is -0.300 e. The van der Waals surface area contributed by atoms with Gasteiger partial charge in [0.15, 0.2) is 0 Å². The molecule has 3 aromatic carbocycles. The highest BCUT2D eigenvalue weighted by molar-refractivity contribution is 7.83. The zero-order valence-electron chi connectivity index (χ0n) is 12.9. The monoisotopic (exact) mass is 316 g/mol. The first-order valence-electron chi connectivity index (χ1n) is 7.50. The summed E-state index contributed by atoms with van der Waals surface area (Å²) >= 11 is 0. The minimum absolute atomic E-state index is 0.770. The summed E-state index contributed by atoms with van der Waals surface area (Å²) in [5.41, 5.74) is 5.11. The van der Waals surface area contributed by atoms with Gasteiger partial charge in [0.05, 0.1) is 0 Å². The molecule has 0 N–H and O–H groups in total. The fourth-order valence-corrected chi connectivity index (χ4v) is 4.45. The van der Waals surface area contributed by atoms with Crippen molar-refractivity contribution in [3.8, 4) is 11.6 Å². The highest BCUT2D eigenvalue weighted by Crippen LogP contribution is 2.41. The largest absolute Gasteiger partial charge is 0.300 e. The molecule has 0 heterocycles. The van der Waals surface area contributed by atoms with Crippen LogP contribution in [0.25, 0.3) is 0 Å². The molecule has 1 nitrogen and oxygen atoms in total. The standard InChI is InChI=1S/C21H17OP/c1-18-9-8-10-19(17-18)15-16-23(22,20-11-4-2-5-12-20)21-13-6-3-7-14-21/h2-14,17H,1H3. The molecule has 3 rings (SSSR count). The predicted molar refractivity (Wildman–Crippen MR) is 97.8 cm³/mol. The third-order valence-electron chi connectivity index (χ3n) is 3.62. The van der Waals surface area contributed by atoms with Gasteiger partial charge in [0, 0.05) is 16.2 Å². The molecule has 0 aromatic heterocycles. The molecular weight excluding hydrogens is 299 g/mol. The Labute approximate surface area is 137 Å². The summed E-state index contributed by atoms with van der Waals surface area (Å²) < 4.78 is 13.7. The number of rotatable bonds is 2. The zero-order chi connectivity index (χ0) is 16.1. The molecule has 3 aromatic rings. The van der Waals surface area contributed by atoms with Gasteiger partial charge < -0.3 is 0 Å². The molecule has 0 bridgehead atoms. The summed E-state index contributed by atoms with van der Waals surface area (Å²) in [5.74, 6) is 3.11. The van der Waals surface area contributed by atoms with E-state index in [1.807, 2.05) is 91.9 Å². The van der Waals surface area contributed by atoms with Crippen molar-refractivity contribution < 1.29 is 4.57 Å². The van der Waals surface area contributed by atoms with Crippen molar-refractivity contribution >= 4 is 17.8 Å². The van der Waals surface area contributed by atoms with Gasteiger partial charge in [-0.1, -0.05) is 78.7 Å². The van der Waals surface area contributed by atoms with Crippen LogP contribution in [0.4, 0.5) is 0 Å². The van der Waals surface area contributed by atoms with Gasteiger partial charge in [0.25, 0.3) is 0 Å². The number of hydrogen-bond donors (Lipinski definition) is 0. The molecule has 0 fully saturated rings. The molecule has 0 atom stereocenters. The molecule has 0 radical (unpaired) electrons. The molecule has 0 aliphatic carbocycles. The SMILES string of the molecule is Cc1cccc(C#CP(=O)(c2ccccc2)c2ccccc2)c1. The molecule has 0 aliphatic heterocycles. The van der Waals surface area contributed by atoms with E-state index < -0.39 is 7.14 Å². The second-order valence-corrected chi connectivity index (χ2v) is 7.86. The fourth-order valence-electron chi connectivity index (χ4n) is 2.42. The average Bonchev–Trinajstić information content (AvgIpc) is 2.61. The molecule has 0 amide bonds. The third-order valence-corrected chi connectivity index (χ3v) is 6.09. The van der Waals surface area contributed by atoms with E-state index in [1.54, 1.807) is 0 Å². The van der Waals surface area contributed by atoms with E-state index in [0.717, 1.165) is 21.7 Å². The van der Waals surface area contributed by atoms with Gasteiger partial charge in [0.1, 0.15) is 0 Å². The van der Waals surface area contributed by atoms with Crippen molar-refractivity contribution in [1.82, 2.24) is 0 Å². The molecule has 0 unspecified atom stereocenters. The van der Waals surface area contributed by atoms with Crippen molar-refractivity contribution in [3.05, 3.63) is 96.1 Å². The minimum atomic E-state index is -2.97. The van der Waals surface area contributed by atoms with Gasteiger partial charge in [-0.2, -0.15) is 0 Å². The first-order valence-corrected chi connectivity index (χ1v) is 9.20. The van der Waals surface area contributed by atoms with Crippen LogP contribution in [0.2, 0.25) is 0 Å². The Morgan fingerprint density at radius 2 is 1.30 bits per heavy atom. The van der Waals surface area contributed by atoms with Crippen molar-refractivity contribution in [1.29, 1.82) is 0 Å². The molecule has 0 aliphatic rings. The molecule has 23 heavy (non-hydrogen) atoms. The van der Waals surface area contributed by atoms with Crippen molar-refractivity contribution in [3.63, 3.8) is 0 Å². The molecular formula is C21H17OP. The third kappa shape index (κ3) is 3.45. The first kappa shape index (κ1) is 15.3. The first-order chi connectivity index (χ1) is 11.2. The van der Waals surface area contributed by atoms with Crippen LogP contribution in [-0.4, -0.2) is 0 Å². The Morgan fingerprint density at radius 1 is 0.739 bits per heavy atom. The predicted octanol–water partition coefficient (Wildman–Crippen LogP) is 4.32.